The van der Waals surface area contributed by atoms with Gasteiger partial charge in [-0.1, -0.05) is 17.7 Å². The van der Waals surface area contributed by atoms with Gasteiger partial charge in [0.1, 0.15) is 17.7 Å². The smallest absolute Gasteiger partial charge is 0.380 e. The molecule has 1 unspecified atom stereocenters. The maximum atomic E-state index is 14.1. The third kappa shape index (κ3) is 7.38. The number of aromatic nitrogens is 1. The van der Waals surface area contributed by atoms with Gasteiger partial charge in [-0.05, 0) is 24.6 Å². The number of halogens is 8. The van der Waals surface area contributed by atoms with Crippen molar-refractivity contribution in [2.45, 2.75) is 31.7 Å². The maximum absolute atomic E-state index is 14.1. The van der Waals surface area contributed by atoms with Crippen molar-refractivity contribution in [3.05, 3.63) is 52.6 Å². The average molecular weight is 555 g/mol. The summed E-state index contributed by atoms with van der Waals surface area (Å²) in [6.45, 7) is -0.407. The lowest BCUT2D eigenvalue weighted by atomic mass is 9.87. The van der Waals surface area contributed by atoms with Crippen molar-refractivity contribution in [3.63, 3.8) is 0 Å². The van der Waals surface area contributed by atoms with Gasteiger partial charge in [0, 0.05) is 12.8 Å². The molecule has 7 nitrogen and oxygen atoms in total. The Morgan fingerprint density at radius 3 is 2.54 bits per heavy atom. The van der Waals surface area contributed by atoms with Crippen LogP contribution < -0.4 is 10.6 Å². The van der Waals surface area contributed by atoms with Gasteiger partial charge >= 0.3 is 12.4 Å². The summed E-state index contributed by atoms with van der Waals surface area (Å²) in [5, 5.41) is 4.70. The number of hydrogen-bond acceptors (Lipinski definition) is 5. The molecule has 1 aliphatic rings. The lowest BCUT2D eigenvalue weighted by molar-refractivity contribution is -0.151. The van der Waals surface area contributed by atoms with Crippen LogP contribution in [0.1, 0.15) is 24.1 Å². The molecular formula is C22H18ClF7N4O3. The molecule has 15 heteroatoms. The molecule has 37 heavy (non-hydrogen) atoms. The van der Waals surface area contributed by atoms with E-state index in [-0.39, 0.29) is 42.6 Å². The highest BCUT2D eigenvalue weighted by Gasteiger charge is 2.42. The van der Waals surface area contributed by atoms with E-state index in [1.54, 1.807) is 0 Å². The molecule has 1 aromatic heterocycles. The first-order valence-corrected chi connectivity index (χ1v) is 10.9. The number of pyridine rings is 1. The zero-order valence-electron chi connectivity index (χ0n) is 18.6. The highest BCUT2D eigenvalue weighted by atomic mass is 35.5. The van der Waals surface area contributed by atoms with Crippen LogP contribution in [0.3, 0.4) is 0 Å². The molecule has 0 saturated carbocycles. The minimum absolute atomic E-state index is 0.0514. The van der Waals surface area contributed by atoms with Gasteiger partial charge < -0.3 is 15.4 Å². The van der Waals surface area contributed by atoms with Gasteiger partial charge in [-0.15, -0.1) is 0 Å². The number of nitrogens with zero attached hydrogens (tertiary/aromatic N) is 2. The topological polar surface area (TPSA) is 92.7 Å². The Bertz CT molecular complexity index is 1200. The molecule has 2 N–H and O–H groups in total. The van der Waals surface area contributed by atoms with E-state index >= 15 is 0 Å². The zero-order valence-corrected chi connectivity index (χ0v) is 19.4. The number of amides is 2. The summed E-state index contributed by atoms with van der Waals surface area (Å²) >= 11 is 6.14. The third-order valence-electron chi connectivity index (χ3n) is 5.23. The SMILES string of the molecule is O=C(CC(F)(F)F)N=CC1(C(=O)NCc2ncc(Nc3c(F)cccc3C(F)(F)F)cc2Cl)CCOC1. The van der Waals surface area contributed by atoms with E-state index in [1.807, 2.05) is 0 Å². The van der Waals surface area contributed by atoms with E-state index in [0.29, 0.717) is 6.07 Å². The predicted molar refractivity (Wildman–Crippen MR) is 118 cm³/mol. The van der Waals surface area contributed by atoms with Gasteiger partial charge in [0.05, 0.1) is 47.0 Å². The molecule has 1 aliphatic heterocycles. The van der Waals surface area contributed by atoms with Crippen molar-refractivity contribution in [3.8, 4) is 0 Å². The van der Waals surface area contributed by atoms with Crippen molar-refractivity contribution in [2.24, 2.45) is 10.4 Å². The fraction of sp³-hybridized carbons (Fsp3) is 0.364. The number of nitrogens with one attached hydrogen (secondary N) is 2. The van der Waals surface area contributed by atoms with E-state index in [1.165, 1.54) is 6.07 Å². The van der Waals surface area contributed by atoms with Gasteiger partial charge in [-0.25, -0.2) is 9.38 Å². The number of benzene rings is 1. The summed E-state index contributed by atoms with van der Waals surface area (Å²) in [5.41, 5.74) is -3.53. The first kappa shape index (κ1) is 28.3. The molecule has 0 spiro atoms. The van der Waals surface area contributed by atoms with Crippen LogP contribution in [0.15, 0.2) is 35.5 Å². The number of aliphatic imine (C=N–C) groups is 1. The van der Waals surface area contributed by atoms with Crippen LogP contribution in [-0.4, -0.2) is 42.4 Å². The van der Waals surface area contributed by atoms with E-state index in [0.717, 1.165) is 24.5 Å². The number of para-hydroxylation sites is 1. The molecule has 0 bridgehead atoms. The normalized spacial score (nSPS) is 18.3. The molecule has 1 atom stereocenters. The maximum Gasteiger partial charge on any atom is 0.418 e. The minimum Gasteiger partial charge on any atom is -0.380 e. The van der Waals surface area contributed by atoms with E-state index in [2.05, 4.69) is 20.6 Å². The fourth-order valence-electron chi connectivity index (χ4n) is 3.37. The van der Waals surface area contributed by atoms with E-state index in [9.17, 15) is 40.3 Å². The van der Waals surface area contributed by atoms with Gasteiger partial charge in [0.2, 0.25) is 5.91 Å². The van der Waals surface area contributed by atoms with Crippen molar-refractivity contribution < 1.29 is 45.1 Å². The lowest BCUT2D eigenvalue weighted by Gasteiger charge is -2.21. The summed E-state index contributed by atoms with van der Waals surface area (Å²) in [5.74, 6) is -3.33. The Labute approximate surface area is 210 Å². The Hall–Kier alpha value is -3.26. The highest BCUT2D eigenvalue weighted by Crippen LogP contribution is 2.37. The molecule has 3 rings (SSSR count). The molecule has 0 radical (unpaired) electrons. The van der Waals surface area contributed by atoms with E-state index in [4.69, 9.17) is 16.3 Å². The molecule has 2 heterocycles. The van der Waals surface area contributed by atoms with Gasteiger partial charge in [-0.2, -0.15) is 26.3 Å². The molecule has 0 aliphatic carbocycles. The zero-order chi connectivity index (χ0) is 27.4. The van der Waals surface area contributed by atoms with Crippen molar-refractivity contribution >= 4 is 41.0 Å². The van der Waals surface area contributed by atoms with Crippen molar-refractivity contribution in [1.82, 2.24) is 10.3 Å². The second-order valence-corrected chi connectivity index (χ2v) is 8.43. The van der Waals surface area contributed by atoms with Crippen LogP contribution in [0.2, 0.25) is 5.02 Å². The third-order valence-corrected chi connectivity index (χ3v) is 5.56. The Balaban J connectivity index is 1.70. The Morgan fingerprint density at radius 2 is 1.95 bits per heavy atom. The van der Waals surface area contributed by atoms with Crippen LogP contribution in [0.25, 0.3) is 0 Å². The molecule has 1 fully saturated rings. The molecule has 1 saturated heterocycles. The molecule has 2 amide bonds. The second kappa shape index (κ2) is 11.0. The van der Waals surface area contributed by atoms with Crippen molar-refractivity contribution in [2.75, 3.05) is 18.5 Å². The summed E-state index contributed by atoms with van der Waals surface area (Å²) in [4.78, 5) is 31.5. The van der Waals surface area contributed by atoms with Crippen LogP contribution in [0.5, 0.6) is 0 Å². The molecular weight excluding hydrogens is 537 g/mol. The van der Waals surface area contributed by atoms with Crippen molar-refractivity contribution in [1.29, 1.82) is 0 Å². The number of alkyl halides is 6. The minimum atomic E-state index is -4.83. The van der Waals surface area contributed by atoms with Crippen LogP contribution in [-0.2, 0) is 27.0 Å². The number of anilines is 2. The summed E-state index contributed by atoms with van der Waals surface area (Å²) in [7, 11) is 0. The van der Waals surface area contributed by atoms with Crippen LogP contribution in [0, 0.1) is 11.2 Å². The summed E-state index contributed by atoms with van der Waals surface area (Å²) in [6.07, 6.45) is -9.40. The standard InChI is InChI=1S/C22H18ClF7N4O3/c23-14-6-12(34-18-13(22(28,29)30)2-1-3-15(18)24)8-31-16(14)9-32-19(36)20(4-5-37-11-20)10-33-17(35)7-21(25,26)27/h1-3,6,8,10,34H,4-5,7,9,11H2,(H,32,36). The second-order valence-electron chi connectivity index (χ2n) is 8.02. The van der Waals surface area contributed by atoms with Crippen LogP contribution in [0.4, 0.5) is 42.1 Å². The van der Waals surface area contributed by atoms with Gasteiger partial charge in [0.25, 0.3) is 5.91 Å². The van der Waals surface area contributed by atoms with Gasteiger partial charge in [-0.3, -0.25) is 14.6 Å². The highest BCUT2D eigenvalue weighted by molar-refractivity contribution is 6.31. The van der Waals surface area contributed by atoms with Crippen LogP contribution >= 0.6 is 11.6 Å². The first-order chi connectivity index (χ1) is 17.2. The monoisotopic (exact) mass is 554 g/mol. The first-order valence-electron chi connectivity index (χ1n) is 10.5. The average Bonchev–Trinajstić information content (AvgIpc) is 3.27. The number of rotatable bonds is 7. The molecule has 2 aromatic rings. The van der Waals surface area contributed by atoms with Gasteiger partial charge in [0.15, 0.2) is 0 Å². The molecule has 1 aromatic carbocycles. The number of ether oxygens (including phenoxy) is 1. The number of carbonyl (C=O) groups is 2. The lowest BCUT2D eigenvalue weighted by Crippen LogP contribution is -2.42. The number of hydrogen-bond donors (Lipinski definition) is 2. The Kier molecular flexibility index (Phi) is 8.42. The predicted octanol–water partition coefficient (Wildman–Crippen LogP) is 5.21. The number of carbonyl (C=O) groups excluding carboxylic acids is 2. The fourth-order valence-corrected chi connectivity index (χ4v) is 3.60. The summed E-state index contributed by atoms with van der Waals surface area (Å²) < 4.78 is 95.9. The van der Waals surface area contributed by atoms with E-state index < -0.39 is 53.1 Å². The summed E-state index contributed by atoms with van der Waals surface area (Å²) in [6, 6.07) is 3.64. The Morgan fingerprint density at radius 1 is 1.22 bits per heavy atom. The quantitative estimate of drug-likeness (QED) is 0.362. The molecule has 200 valence electrons. The largest absolute Gasteiger partial charge is 0.418 e.